The number of carbonyl (C=O) groups excluding carboxylic acids is 2. The van der Waals surface area contributed by atoms with Crippen molar-refractivity contribution < 1.29 is 24.3 Å². The van der Waals surface area contributed by atoms with Gasteiger partial charge in [0.05, 0.1) is 26.3 Å². The van der Waals surface area contributed by atoms with E-state index < -0.39 is 12.0 Å². The molecule has 0 radical (unpaired) electrons. The minimum absolute atomic E-state index is 0.130. The summed E-state index contributed by atoms with van der Waals surface area (Å²) in [5, 5.41) is 10.5. The fourth-order valence-electron chi connectivity index (χ4n) is 3.73. The molecule has 1 N–H and O–H groups in total. The second-order valence-corrected chi connectivity index (χ2v) is 7.66. The summed E-state index contributed by atoms with van der Waals surface area (Å²) in [5.74, 6) is -0.554. The van der Waals surface area contributed by atoms with Crippen LogP contribution in [0.3, 0.4) is 0 Å². The van der Waals surface area contributed by atoms with E-state index in [2.05, 4.69) is 0 Å². The molecule has 160 valence electrons. The lowest BCUT2D eigenvalue weighted by Crippen LogP contribution is -2.42. The van der Waals surface area contributed by atoms with Gasteiger partial charge in [0, 0.05) is 38.5 Å². The monoisotopic (exact) mass is 405 g/mol. The highest BCUT2D eigenvalue weighted by Gasteiger charge is 2.42. The van der Waals surface area contributed by atoms with E-state index >= 15 is 0 Å². The normalized spacial score (nSPS) is 19.3. The quantitative estimate of drug-likeness (QED) is 0.625. The lowest BCUT2D eigenvalue weighted by molar-refractivity contribution is -0.210. The van der Waals surface area contributed by atoms with Crippen LogP contribution in [0.25, 0.3) is 0 Å². The van der Waals surface area contributed by atoms with Crippen LogP contribution in [0, 0.1) is 0 Å². The molecule has 3 rings (SSSR count). The summed E-state index contributed by atoms with van der Waals surface area (Å²) < 4.78 is 5.30. The van der Waals surface area contributed by atoms with E-state index in [0.29, 0.717) is 44.0 Å². The van der Waals surface area contributed by atoms with E-state index in [0.717, 1.165) is 31.4 Å². The Bertz CT molecular complexity index is 718. The number of carbonyl (C=O) groups is 2. The van der Waals surface area contributed by atoms with E-state index in [1.165, 1.54) is 0 Å². The zero-order valence-corrected chi connectivity index (χ0v) is 17.3. The molecule has 0 aliphatic carbocycles. The number of hydrogen-bond donors (Lipinski definition) is 1. The molecule has 1 aromatic rings. The van der Waals surface area contributed by atoms with Crippen LogP contribution in [0.1, 0.15) is 47.6 Å². The van der Waals surface area contributed by atoms with E-state index in [1.54, 1.807) is 9.96 Å². The number of rotatable bonds is 9. The molecule has 1 fully saturated rings. The van der Waals surface area contributed by atoms with Gasteiger partial charge in [0.15, 0.2) is 6.04 Å². The lowest BCUT2D eigenvalue weighted by atomic mass is 10.0. The first-order valence-electron chi connectivity index (χ1n) is 10.3. The van der Waals surface area contributed by atoms with E-state index in [1.807, 2.05) is 37.2 Å². The van der Waals surface area contributed by atoms with Gasteiger partial charge in [-0.25, -0.2) is 4.79 Å². The van der Waals surface area contributed by atoms with Gasteiger partial charge in [-0.15, -0.1) is 5.06 Å². The van der Waals surface area contributed by atoms with Crippen molar-refractivity contribution >= 4 is 17.6 Å². The number of fused-ring (bicyclic) bond motifs is 1. The predicted molar refractivity (Wildman–Crippen MR) is 109 cm³/mol. The number of morpholine rings is 1. The fourth-order valence-corrected chi connectivity index (χ4v) is 3.73. The molecular weight excluding hydrogens is 374 g/mol. The molecule has 0 aromatic heterocycles. The van der Waals surface area contributed by atoms with Crippen LogP contribution >= 0.6 is 0 Å². The van der Waals surface area contributed by atoms with Gasteiger partial charge in [-0.3, -0.25) is 4.79 Å². The average molecular weight is 405 g/mol. The summed E-state index contributed by atoms with van der Waals surface area (Å²) in [7, 11) is 3.84. The minimum atomic E-state index is -0.727. The summed E-state index contributed by atoms with van der Waals surface area (Å²) in [6, 6.07) is 4.90. The van der Waals surface area contributed by atoms with Crippen LogP contribution in [0.5, 0.6) is 0 Å². The molecule has 2 aliphatic heterocycles. The molecule has 0 saturated carbocycles. The van der Waals surface area contributed by atoms with Gasteiger partial charge in [0.2, 0.25) is 0 Å². The highest BCUT2D eigenvalue weighted by Crippen LogP contribution is 2.37. The summed E-state index contributed by atoms with van der Waals surface area (Å²) in [5.41, 5.74) is 2.19. The molecule has 29 heavy (non-hydrogen) atoms. The number of aliphatic hydroxyl groups is 1. The van der Waals surface area contributed by atoms with Crippen molar-refractivity contribution in [2.45, 2.75) is 31.7 Å². The topological polar surface area (TPSA) is 82.5 Å². The van der Waals surface area contributed by atoms with Crippen LogP contribution < -0.4 is 4.90 Å². The molecule has 1 amide bonds. The van der Waals surface area contributed by atoms with E-state index in [9.17, 15) is 9.59 Å². The summed E-state index contributed by atoms with van der Waals surface area (Å²) in [4.78, 5) is 35.3. The molecule has 1 atom stereocenters. The molecule has 1 saturated heterocycles. The molecular formula is C21H31N3O5. The van der Waals surface area contributed by atoms with Crippen molar-refractivity contribution in [2.24, 2.45) is 0 Å². The molecule has 8 heteroatoms. The number of hydrogen-bond acceptors (Lipinski definition) is 7. The van der Waals surface area contributed by atoms with Crippen LogP contribution in [0.4, 0.5) is 5.69 Å². The molecule has 0 spiro atoms. The highest BCUT2D eigenvalue weighted by molar-refractivity contribution is 6.04. The minimum Gasteiger partial charge on any atom is -0.396 e. The molecule has 2 heterocycles. The van der Waals surface area contributed by atoms with Crippen LogP contribution in [0.2, 0.25) is 0 Å². The zero-order valence-electron chi connectivity index (χ0n) is 17.3. The SMILES string of the molecule is CN(C)c1ccc2c(c1)C(=O)N(CCCCCCO)C2C(=O)ON1CCOCC1. The standard InChI is InChI=1S/C21H31N3O5/c1-22(2)16-7-8-17-18(15-16)20(26)24(9-5-3-4-6-12-25)19(17)21(27)29-23-10-13-28-14-11-23/h7-8,15,19,25H,3-6,9-14H2,1-2H3. The summed E-state index contributed by atoms with van der Waals surface area (Å²) in [6.45, 7) is 2.76. The van der Waals surface area contributed by atoms with Crippen molar-refractivity contribution in [3.8, 4) is 0 Å². The molecule has 1 aromatic carbocycles. The Morgan fingerprint density at radius 3 is 2.62 bits per heavy atom. The van der Waals surface area contributed by atoms with Crippen molar-refractivity contribution in [1.29, 1.82) is 0 Å². The number of hydroxylamine groups is 2. The molecule has 2 aliphatic rings. The van der Waals surface area contributed by atoms with E-state index in [4.69, 9.17) is 14.7 Å². The van der Waals surface area contributed by atoms with Gasteiger partial charge < -0.3 is 24.5 Å². The summed E-state index contributed by atoms with van der Waals surface area (Å²) in [6.07, 6.45) is 3.33. The first-order chi connectivity index (χ1) is 14.0. The number of nitrogens with zero attached hydrogens (tertiary/aromatic N) is 3. The number of amides is 1. The van der Waals surface area contributed by atoms with Crippen molar-refractivity contribution in [3.63, 3.8) is 0 Å². The van der Waals surface area contributed by atoms with Gasteiger partial charge in [-0.2, -0.15) is 0 Å². The Hall–Kier alpha value is -2.16. The Morgan fingerprint density at radius 1 is 1.21 bits per heavy atom. The maximum absolute atomic E-state index is 13.1. The Morgan fingerprint density at radius 2 is 1.93 bits per heavy atom. The maximum atomic E-state index is 13.1. The highest BCUT2D eigenvalue weighted by atomic mass is 16.7. The first kappa shape index (κ1) is 21.5. The van der Waals surface area contributed by atoms with Crippen LogP contribution in [-0.4, -0.2) is 80.5 Å². The lowest BCUT2D eigenvalue weighted by Gasteiger charge is -2.29. The van der Waals surface area contributed by atoms with Gasteiger partial charge in [-0.05, 0) is 30.5 Å². The number of unbranched alkanes of at least 4 members (excludes halogenated alkanes) is 3. The largest absolute Gasteiger partial charge is 0.396 e. The number of benzene rings is 1. The van der Waals surface area contributed by atoms with E-state index in [-0.39, 0.29) is 12.5 Å². The van der Waals surface area contributed by atoms with Gasteiger partial charge in [0.25, 0.3) is 5.91 Å². The molecule has 8 nitrogen and oxygen atoms in total. The molecule has 1 unspecified atom stereocenters. The van der Waals surface area contributed by atoms with Crippen LogP contribution in [-0.2, 0) is 14.4 Å². The Balaban J connectivity index is 1.78. The second kappa shape index (κ2) is 10.0. The Labute approximate surface area is 171 Å². The average Bonchev–Trinajstić information content (AvgIpc) is 3.00. The molecule has 0 bridgehead atoms. The van der Waals surface area contributed by atoms with Gasteiger partial charge in [0.1, 0.15) is 0 Å². The number of anilines is 1. The van der Waals surface area contributed by atoms with Gasteiger partial charge in [-0.1, -0.05) is 18.9 Å². The third-order valence-corrected chi connectivity index (χ3v) is 5.37. The first-order valence-corrected chi connectivity index (χ1v) is 10.3. The van der Waals surface area contributed by atoms with Gasteiger partial charge >= 0.3 is 5.97 Å². The number of aliphatic hydroxyl groups excluding tert-OH is 1. The Kier molecular flexibility index (Phi) is 7.46. The fraction of sp³-hybridized carbons (Fsp3) is 0.619. The van der Waals surface area contributed by atoms with Crippen LogP contribution in [0.15, 0.2) is 18.2 Å². The number of ether oxygens (including phenoxy) is 1. The van der Waals surface area contributed by atoms with Crippen molar-refractivity contribution in [2.75, 3.05) is 58.5 Å². The van der Waals surface area contributed by atoms with Crippen molar-refractivity contribution in [3.05, 3.63) is 29.3 Å². The predicted octanol–water partition coefficient (Wildman–Crippen LogP) is 1.59. The third kappa shape index (κ3) is 5.07. The van der Waals surface area contributed by atoms with Crippen molar-refractivity contribution in [1.82, 2.24) is 9.96 Å². The smallest absolute Gasteiger partial charge is 0.352 e. The second-order valence-electron chi connectivity index (χ2n) is 7.66. The summed E-state index contributed by atoms with van der Waals surface area (Å²) >= 11 is 0. The zero-order chi connectivity index (χ0) is 20.8. The third-order valence-electron chi connectivity index (χ3n) is 5.37. The maximum Gasteiger partial charge on any atom is 0.352 e.